The Labute approximate surface area is 177 Å². The number of anilines is 2. The van der Waals surface area contributed by atoms with Gasteiger partial charge in [-0.25, -0.2) is 13.9 Å². The SMILES string of the molecule is CCOC(=O)c1ccc(NC(=O)C2=C(C)Nc3ncnn3C2c2ccccc2F)cc1. The summed E-state index contributed by atoms with van der Waals surface area (Å²) in [5.74, 6) is -0.897. The second kappa shape index (κ2) is 8.39. The normalized spacial score (nSPS) is 15.1. The van der Waals surface area contributed by atoms with Crippen LogP contribution < -0.4 is 10.6 Å². The summed E-state index contributed by atoms with van der Waals surface area (Å²) in [5.41, 5.74) is 2.01. The fourth-order valence-electron chi connectivity index (χ4n) is 3.47. The predicted molar refractivity (Wildman–Crippen MR) is 112 cm³/mol. The summed E-state index contributed by atoms with van der Waals surface area (Å²) in [7, 11) is 0. The molecule has 1 amide bonds. The first-order valence-electron chi connectivity index (χ1n) is 9.70. The first-order valence-corrected chi connectivity index (χ1v) is 9.70. The van der Waals surface area contributed by atoms with Gasteiger partial charge in [0.1, 0.15) is 18.2 Å². The second-order valence-corrected chi connectivity index (χ2v) is 6.87. The number of benzene rings is 2. The smallest absolute Gasteiger partial charge is 0.338 e. The molecule has 158 valence electrons. The number of hydrogen-bond acceptors (Lipinski definition) is 6. The van der Waals surface area contributed by atoms with Crippen LogP contribution in [0.2, 0.25) is 0 Å². The highest BCUT2D eigenvalue weighted by atomic mass is 19.1. The fraction of sp³-hybridized carbons (Fsp3) is 0.182. The average molecular weight is 421 g/mol. The Balaban J connectivity index is 1.66. The number of aromatic nitrogens is 3. The third-order valence-electron chi connectivity index (χ3n) is 4.89. The summed E-state index contributed by atoms with van der Waals surface area (Å²) in [4.78, 5) is 29.2. The van der Waals surface area contributed by atoms with E-state index >= 15 is 0 Å². The molecule has 8 nitrogen and oxygen atoms in total. The average Bonchev–Trinajstić information content (AvgIpc) is 3.22. The number of rotatable bonds is 5. The van der Waals surface area contributed by atoms with E-state index in [0.717, 1.165) is 0 Å². The molecule has 1 unspecified atom stereocenters. The summed E-state index contributed by atoms with van der Waals surface area (Å²) >= 11 is 0. The van der Waals surface area contributed by atoms with Gasteiger partial charge in [-0.1, -0.05) is 18.2 Å². The number of carbonyl (C=O) groups is 2. The third-order valence-corrected chi connectivity index (χ3v) is 4.89. The van der Waals surface area contributed by atoms with Gasteiger partial charge in [0.15, 0.2) is 0 Å². The quantitative estimate of drug-likeness (QED) is 0.612. The van der Waals surface area contributed by atoms with Gasteiger partial charge in [0.05, 0.1) is 17.7 Å². The summed E-state index contributed by atoms with van der Waals surface area (Å²) in [5, 5.41) is 10.0. The zero-order valence-corrected chi connectivity index (χ0v) is 16.9. The standard InChI is InChI=1S/C22H20FN5O3/c1-3-31-21(30)14-8-10-15(11-9-14)27-20(29)18-13(2)26-22-24-12-25-28(22)19(18)16-6-4-5-7-17(16)23/h4-12,19H,3H2,1-2H3,(H,27,29)(H,24,25,26). The first-order chi connectivity index (χ1) is 15.0. The highest BCUT2D eigenvalue weighted by molar-refractivity contribution is 6.06. The number of amides is 1. The molecule has 0 radical (unpaired) electrons. The van der Waals surface area contributed by atoms with Crippen LogP contribution in [0.4, 0.5) is 16.0 Å². The molecule has 4 rings (SSSR count). The molecule has 2 aromatic carbocycles. The minimum Gasteiger partial charge on any atom is -0.462 e. The van der Waals surface area contributed by atoms with Crippen molar-refractivity contribution in [2.75, 3.05) is 17.2 Å². The van der Waals surface area contributed by atoms with Crippen LogP contribution in [0, 0.1) is 5.82 Å². The number of esters is 1. The topological polar surface area (TPSA) is 98.1 Å². The summed E-state index contributed by atoms with van der Waals surface area (Å²) < 4.78 is 21.1. The minimum atomic E-state index is -0.793. The molecule has 1 aliphatic heterocycles. The lowest BCUT2D eigenvalue weighted by atomic mass is 9.94. The van der Waals surface area contributed by atoms with E-state index in [4.69, 9.17) is 4.74 Å². The van der Waals surface area contributed by atoms with Crippen molar-refractivity contribution in [3.63, 3.8) is 0 Å². The molecule has 0 fully saturated rings. The number of hydrogen-bond donors (Lipinski definition) is 2. The largest absolute Gasteiger partial charge is 0.462 e. The van der Waals surface area contributed by atoms with Gasteiger partial charge in [-0.15, -0.1) is 0 Å². The molecule has 0 bridgehead atoms. The number of halogens is 1. The van der Waals surface area contributed by atoms with Crippen LogP contribution in [0.5, 0.6) is 0 Å². The monoisotopic (exact) mass is 421 g/mol. The Kier molecular flexibility index (Phi) is 5.48. The van der Waals surface area contributed by atoms with Gasteiger partial charge >= 0.3 is 5.97 Å². The molecule has 2 N–H and O–H groups in total. The summed E-state index contributed by atoms with van der Waals surface area (Å²) in [6.45, 7) is 3.73. The maximum atomic E-state index is 14.7. The van der Waals surface area contributed by atoms with Crippen molar-refractivity contribution in [1.29, 1.82) is 0 Å². The van der Waals surface area contributed by atoms with E-state index in [1.165, 1.54) is 17.1 Å². The van der Waals surface area contributed by atoms with Gasteiger partial charge in [0.2, 0.25) is 5.95 Å². The van der Waals surface area contributed by atoms with E-state index in [0.29, 0.717) is 34.0 Å². The molecule has 1 atom stereocenters. The lowest BCUT2D eigenvalue weighted by molar-refractivity contribution is -0.113. The maximum absolute atomic E-state index is 14.7. The van der Waals surface area contributed by atoms with Crippen molar-refractivity contribution in [2.45, 2.75) is 19.9 Å². The Hall–Kier alpha value is -4.01. The van der Waals surface area contributed by atoms with Crippen LogP contribution in [-0.2, 0) is 9.53 Å². The van der Waals surface area contributed by atoms with Gasteiger partial charge in [0.25, 0.3) is 5.91 Å². The van der Waals surface area contributed by atoms with Gasteiger partial charge in [0, 0.05) is 16.9 Å². The molecular weight excluding hydrogens is 401 g/mol. The predicted octanol–water partition coefficient (Wildman–Crippen LogP) is 3.52. The molecular formula is C22H20FN5O3. The van der Waals surface area contributed by atoms with E-state index in [1.807, 2.05) is 0 Å². The molecule has 1 aromatic heterocycles. The third kappa shape index (κ3) is 3.89. The van der Waals surface area contributed by atoms with E-state index in [9.17, 15) is 14.0 Å². The number of nitrogens with zero attached hydrogens (tertiary/aromatic N) is 3. The number of carbonyl (C=O) groups excluding carboxylic acids is 2. The number of nitrogens with one attached hydrogen (secondary N) is 2. The van der Waals surface area contributed by atoms with Crippen LogP contribution in [0.1, 0.15) is 35.8 Å². The van der Waals surface area contributed by atoms with Crippen molar-refractivity contribution in [2.24, 2.45) is 0 Å². The van der Waals surface area contributed by atoms with Crippen molar-refractivity contribution in [3.8, 4) is 0 Å². The molecule has 0 saturated carbocycles. The Bertz CT molecular complexity index is 1170. The molecule has 9 heteroatoms. The van der Waals surface area contributed by atoms with Crippen LogP contribution >= 0.6 is 0 Å². The fourth-order valence-corrected chi connectivity index (χ4v) is 3.47. The Morgan fingerprint density at radius 3 is 2.65 bits per heavy atom. The molecule has 3 aromatic rings. The van der Waals surface area contributed by atoms with Crippen molar-refractivity contribution < 1.29 is 18.7 Å². The molecule has 0 aliphatic carbocycles. The van der Waals surface area contributed by atoms with E-state index in [-0.39, 0.29) is 6.61 Å². The van der Waals surface area contributed by atoms with Gasteiger partial charge in [-0.2, -0.15) is 10.1 Å². The lowest BCUT2D eigenvalue weighted by Crippen LogP contribution is -2.32. The van der Waals surface area contributed by atoms with Crippen molar-refractivity contribution >= 4 is 23.5 Å². The van der Waals surface area contributed by atoms with E-state index in [2.05, 4.69) is 20.7 Å². The second-order valence-electron chi connectivity index (χ2n) is 6.87. The van der Waals surface area contributed by atoms with E-state index in [1.54, 1.807) is 56.3 Å². The molecule has 0 spiro atoms. The Morgan fingerprint density at radius 1 is 1.19 bits per heavy atom. The molecule has 1 aliphatic rings. The van der Waals surface area contributed by atoms with Crippen LogP contribution in [-0.4, -0.2) is 33.2 Å². The number of fused-ring (bicyclic) bond motifs is 1. The molecule has 31 heavy (non-hydrogen) atoms. The number of ether oxygens (including phenoxy) is 1. The first kappa shape index (κ1) is 20.3. The van der Waals surface area contributed by atoms with Gasteiger partial charge in [-0.05, 0) is 44.2 Å². The molecule has 2 heterocycles. The summed E-state index contributed by atoms with van der Waals surface area (Å²) in [6, 6.07) is 11.8. The maximum Gasteiger partial charge on any atom is 0.338 e. The van der Waals surface area contributed by atoms with E-state index < -0.39 is 23.7 Å². The zero-order valence-electron chi connectivity index (χ0n) is 16.9. The van der Waals surface area contributed by atoms with Crippen molar-refractivity contribution in [1.82, 2.24) is 14.8 Å². The molecule has 0 saturated heterocycles. The van der Waals surface area contributed by atoms with Gasteiger partial charge in [-0.3, -0.25) is 4.79 Å². The number of allylic oxidation sites excluding steroid dienone is 1. The highest BCUT2D eigenvalue weighted by Gasteiger charge is 2.34. The Morgan fingerprint density at radius 2 is 1.94 bits per heavy atom. The summed E-state index contributed by atoms with van der Waals surface area (Å²) in [6.07, 6.45) is 1.35. The van der Waals surface area contributed by atoms with Crippen molar-refractivity contribution in [3.05, 3.63) is 83.1 Å². The highest BCUT2D eigenvalue weighted by Crippen LogP contribution is 2.36. The van der Waals surface area contributed by atoms with Crippen LogP contribution in [0.25, 0.3) is 0 Å². The lowest BCUT2D eigenvalue weighted by Gasteiger charge is -2.29. The van der Waals surface area contributed by atoms with Gasteiger partial charge < -0.3 is 15.4 Å². The van der Waals surface area contributed by atoms with Crippen LogP contribution in [0.15, 0.2) is 66.1 Å². The zero-order chi connectivity index (χ0) is 22.0. The minimum absolute atomic E-state index is 0.277. The van der Waals surface area contributed by atoms with Crippen LogP contribution in [0.3, 0.4) is 0 Å².